The lowest BCUT2D eigenvalue weighted by molar-refractivity contribution is 0.0429. The summed E-state index contributed by atoms with van der Waals surface area (Å²) in [5.74, 6) is 0.805. The molecular formula is C24H23N3O4. The summed E-state index contributed by atoms with van der Waals surface area (Å²) in [4.78, 5) is 17.0. The summed E-state index contributed by atoms with van der Waals surface area (Å²) < 4.78 is 18.1. The summed E-state index contributed by atoms with van der Waals surface area (Å²) in [6.45, 7) is 4.48. The van der Waals surface area contributed by atoms with Gasteiger partial charge in [0.05, 0.1) is 18.2 Å². The van der Waals surface area contributed by atoms with E-state index in [-0.39, 0.29) is 12.5 Å². The van der Waals surface area contributed by atoms with Gasteiger partial charge in [0.1, 0.15) is 5.75 Å². The summed E-state index contributed by atoms with van der Waals surface area (Å²) in [5.41, 5.74) is 4.24. The molecule has 0 aliphatic heterocycles. The lowest BCUT2D eigenvalue weighted by Gasteiger charge is -2.10. The van der Waals surface area contributed by atoms with Gasteiger partial charge in [-0.15, -0.1) is 0 Å². The van der Waals surface area contributed by atoms with Gasteiger partial charge < -0.3 is 18.6 Å². The van der Waals surface area contributed by atoms with Crippen molar-refractivity contribution in [2.24, 2.45) is 0 Å². The SMILES string of the molecule is COc1ccccc1-c1noc(COC(=O)c2cc(C)n(Cc3ccccc3)c2C)n1. The van der Waals surface area contributed by atoms with Crippen LogP contribution >= 0.6 is 0 Å². The number of hydrogen-bond acceptors (Lipinski definition) is 6. The number of esters is 1. The molecule has 4 aromatic rings. The fraction of sp³-hybridized carbons (Fsp3) is 0.208. The van der Waals surface area contributed by atoms with Gasteiger partial charge in [-0.3, -0.25) is 0 Å². The number of nitrogens with zero attached hydrogens (tertiary/aromatic N) is 3. The lowest BCUT2D eigenvalue weighted by atomic mass is 10.2. The molecule has 0 spiro atoms. The summed E-state index contributed by atoms with van der Waals surface area (Å²) in [6, 6.07) is 19.3. The van der Waals surface area contributed by atoms with Gasteiger partial charge in [0.15, 0.2) is 6.61 Å². The maximum atomic E-state index is 12.7. The van der Waals surface area contributed by atoms with Crippen LogP contribution in [0.4, 0.5) is 0 Å². The number of benzene rings is 2. The van der Waals surface area contributed by atoms with E-state index in [2.05, 4.69) is 26.8 Å². The van der Waals surface area contributed by atoms with Crippen LogP contribution in [0.1, 0.15) is 33.2 Å². The average Bonchev–Trinajstić information content (AvgIpc) is 3.38. The molecule has 0 aliphatic rings. The van der Waals surface area contributed by atoms with E-state index in [1.807, 2.05) is 62.4 Å². The zero-order chi connectivity index (χ0) is 21.8. The molecule has 31 heavy (non-hydrogen) atoms. The Labute approximate surface area is 180 Å². The molecule has 7 nitrogen and oxygen atoms in total. The Morgan fingerprint density at radius 1 is 1.06 bits per heavy atom. The minimum absolute atomic E-state index is 0.108. The summed E-state index contributed by atoms with van der Waals surface area (Å²) in [5, 5.41) is 3.97. The van der Waals surface area contributed by atoms with Crippen LogP contribution in [0, 0.1) is 13.8 Å². The first-order valence-electron chi connectivity index (χ1n) is 9.90. The largest absolute Gasteiger partial charge is 0.496 e. The first-order chi connectivity index (χ1) is 15.1. The Morgan fingerprint density at radius 3 is 2.58 bits per heavy atom. The van der Waals surface area contributed by atoms with Crippen LogP contribution in [0.15, 0.2) is 65.2 Å². The second kappa shape index (κ2) is 8.87. The first-order valence-corrected chi connectivity index (χ1v) is 9.90. The van der Waals surface area contributed by atoms with Crippen LogP contribution in [0.25, 0.3) is 11.4 Å². The molecule has 0 atom stereocenters. The third-order valence-corrected chi connectivity index (χ3v) is 5.12. The molecule has 4 rings (SSSR count). The first kappa shape index (κ1) is 20.4. The van der Waals surface area contributed by atoms with Crippen molar-refractivity contribution in [2.75, 3.05) is 7.11 Å². The van der Waals surface area contributed by atoms with Crippen LogP contribution in [-0.4, -0.2) is 27.8 Å². The van der Waals surface area contributed by atoms with Crippen LogP contribution in [-0.2, 0) is 17.9 Å². The highest BCUT2D eigenvalue weighted by Crippen LogP contribution is 2.27. The van der Waals surface area contributed by atoms with Crippen LogP contribution < -0.4 is 4.74 Å². The summed E-state index contributed by atoms with van der Waals surface area (Å²) in [7, 11) is 1.58. The molecule has 0 saturated carbocycles. The number of carbonyl (C=O) groups excluding carboxylic acids is 1. The van der Waals surface area contributed by atoms with E-state index in [4.69, 9.17) is 14.0 Å². The van der Waals surface area contributed by atoms with E-state index in [0.717, 1.165) is 11.4 Å². The number of methoxy groups -OCH3 is 1. The fourth-order valence-corrected chi connectivity index (χ4v) is 3.47. The van der Waals surface area contributed by atoms with E-state index in [0.29, 0.717) is 29.2 Å². The number of para-hydroxylation sites is 1. The number of carbonyl (C=O) groups is 1. The highest BCUT2D eigenvalue weighted by Gasteiger charge is 2.19. The van der Waals surface area contributed by atoms with E-state index < -0.39 is 5.97 Å². The van der Waals surface area contributed by atoms with Crippen molar-refractivity contribution in [2.45, 2.75) is 27.0 Å². The molecule has 0 radical (unpaired) electrons. The Kier molecular flexibility index (Phi) is 5.84. The molecule has 2 heterocycles. The minimum atomic E-state index is -0.426. The predicted octanol–water partition coefficient (Wildman–Crippen LogP) is 4.57. The van der Waals surface area contributed by atoms with Gasteiger partial charge in [-0.1, -0.05) is 47.6 Å². The maximum Gasteiger partial charge on any atom is 0.340 e. The molecule has 7 heteroatoms. The molecule has 0 N–H and O–H groups in total. The number of aryl methyl sites for hydroxylation is 1. The van der Waals surface area contributed by atoms with E-state index in [1.54, 1.807) is 7.11 Å². The van der Waals surface area contributed by atoms with E-state index in [1.165, 1.54) is 5.56 Å². The minimum Gasteiger partial charge on any atom is -0.496 e. The van der Waals surface area contributed by atoms with E-state index >= 15 is 0 Å². The van der Waals surface area contributed by atoms with Gasteiger partial charge in [0, 0.05) is 17.9 Å². The quantitative estimate of drug-likeness (QED) is 0.410. The van der Waals surface area contributed by atoms with Gasteiger partial charge in [0.2, 0.25) is 5.82 Å². The summed E-state index contributed by atoms with van der Waals surface area (Å²) >= 11 is 0. The fourth-order valence-electron chi connectivity index (χ4n) is 3.47. The van der Waals surface area contributed by atoms with E-state index in [9.17, 15) is 4.79 Å². The van der Waals surface area contributed by atoms with Crippen LogP contribution in [0.5, 0.6) is 5.75 Å². The molecule has 0 fully saturated rings. The average molecular weight is 417 g/mol. The monoisotopic (exact) mass is 417 g/mol. The summed E-state index contributed by atoms with van der Waals surface area (Å²) in [6.07, 6.45) is 0. The third kappa shape index (κ3) is 4.35. The van der Waals surface area contributed by atoms with Crippen molar-refractivity contribution in [3.05, 3.63) is 89.1 Å². The molecule has 0 aliphatic carbocycles. The molecule has 158 valence electrons. The zero-order valence-corrected chi connectivity index (χ0v) is 17.7. The van der Waals surface area contributed by atoms with Gasteiger partial charge in [-0.05, 0) is 37.6 Å². The normalized spacial score (nSPS) is 10.8. The second-order valence-electron chi connectivity index (χ2n) is 7.14. The topological polar surface area (TPSA) is 79.4 Å². The highest BCUT2D eigenvalue weighted by molar-refractivity contribution is 5.91. The lowest BCUT2D eigenvalue weighted by Crippen LogP contribution is -2.09. The van der Waals surface area contributed by atoms with Gasteiger partial charge in [-0.2, -0.15) is 4.98 Å². The smallest absolute Gasteiger partial charge is 0.340 e. The Hall–Kier alpha value is -3.87. The number of ether oxygens (including phenoxy) is 2. The van der Waals surface area contributed by atoms with Crippen molar-refractivity contribution in [3.63, 3.8) is 0 Å². The van der Waals surface area contributed by atoms with Crippen molar-refractivity contribution < 1.29 is 18.8 Å². The molecule has 2 aromatic heterocycles. The van der Waals surface area contributed by atoms with Crippen LogP contribution in [0.2, 0.25) is 0 Å². The van der Waals surface area contributed by atoms with Gasteiger partial charge in [0.25, 0.3) is 5.89 Å². The van der Waals surface area contributed by atoms with Crippen molar-refractivity contribution in [3.8, 4) is 17.1 Å². The molecule has 0 amide bonds. The van der Waals surface area contributed by atoms with Crippen molar-refractivity contribution >= 4 is 5.97 Å². The molecule has 0 unspecified atom stereocenters. The maximum absolute atomic E-state index is 12.7. The van der Waals surface area contributed by atoms with Gasteiger partial charge >= 0.3 is 5.97 Å². The molecule has 0 saturated heterocycles. The van der Waals surface area contributed by atoms with Crippen molar-refractivity contribution in [1.29, 1.82) is 0 Å². The highest BCUT2D eigenvalue weighted by atomic mass is 16.6. The Bertz CT molecular complexity index is 1190. The standard InChI is InChI=1S/C24H23N3O4/c1-16-13-20(17(2)27(16)14-18-9-5-4-6-10-18)24(28)30-15-22-25-23(26-31-22)19-11-7-8-12-21(19)29-3/h4-13H,14-15H2,1-3H3. The Morgan fingerprint density at radius 2 is 1.81 bits per heavy atom. The molecular weight excluding hydrogens is 394 g/mol. The number of hydrogen-bond donors (Lipinski definition) is 0. The third-order valence-electron chi connectivity index (χ3n) is 5.12. The predicted molar refractivity (Wildman–Crippen MR) is 115 cm³/mol. The van der Waals surface area contributed by atoms with Crippen molar-refractivity contribution in [1.82, 2.24) is 14.7 Å². The molecule has 0 bridgehead atoms. The van der Waals surface area contributed by atoms with Crippen LogP contribution in [0.3, 0.4) is 0 Å². The number of aromatic nitrogens is 3. The molecule has 2 aromatic carbocycles. The second-order valence-corrected chi connectivity index (χ2v) is 7.14. The number of rotatable bonds is 7. The van der Waals surface area contributed by atoms with Gasteiger partial charge in [-0.25, -0.2) is 4.79 Å². The Balaban J connectivity index is 1.45. The zero-order valence-electron chi connectivity index (χ0n) is 17.7.